The Hall–Kier alpha value is -1.81. The van der Waals surface area contributed by atoms with E-state index in [4.69, 9.17) is 0 Å². The van der Waals surface area contributed by atoms with Crippen molar-refractivity contribution in [2.45, 2.75) is 19.0 Å². The highest BCUT2D eigenvalue weighted by Crippen LogP contribution is 2.17. The Labute approximate surface area is 99.4 Å². The van der Waals surface area contributed by atoms with Gasteiger partial charge in [-0.15, -0.1) is 0 Å². The van der Waals surface area contributed by atoms with Crippen LogP contribution in [0.5, 0.6) is 0 Å². The first-order valence-electron chi connectivity index (χ1n) is 5.88. The fraction of sp³-hybridized carbons (Fsp3) is 0.308. The summed E-state index contributed by atoms with van der Waals surface area (Å²) >= 11 is 0. The van der Waals surface area contributed by atoms with Gasteiger partial charge in [-0.2, -0.15) is 0 Å². The maximum Gasteiger partial charge on any atom is 0.221 e. The molecule has 3 rings (SSSR count). The molecule has 1 saturated heterocycles. The van der Waals surface area contributed by atoms with E-state index in [0.29, 0.717) is 6.42 Å². The number of rotatable bonds is 3. The van der Waals surface area contributed by atoms with Crippen LogP contribution in [-0.2, 0) is 11.3 Å². The van der Waals surface area contributed by atoms with E-state index in [9.17, 15) is 4.79 Å². The van der Waals surface area contributed by atoms with Gasteiger partial charge in [0.2, 0.25) is 5.91 Å². The molecule has 1 amide bonds. The third-order valence-electron chi connectivity index (χ3n) is 3.23. The van der Waals surface area contributed by atoms with Gasteiger partial charge in [0.1, 0.15) is 0 Å². The Bertz CT molecular complexity index is 546. The molecule has 2 aromatic rings. The number of aromatic nitrogens is 1. The summed E-state index contributed by atoms with van der Waals surface area (Å²) in [7, 11) is 0. The summed E-state index contributed by atoms with van der Waals surface area (Å²) in [5, 5.41) is 7.46. The van der Waals surface area contributed by atoms with Gasteiger partial charge in [-0.25, -0.2) is 0 Å². The lowest BCUT2D eigenvalue weighted by atomic mass is 10.1. The van der Waals surface area contributed by atoms with E-state index in [1.165, 1.54) is 16.5 Å². The topological polar surface area (TPSA) is 56.9 Å². The standard InChI is InChI=1S/C13H15N3O/c17-12-6-11(8-16-12)15-7-10-3-1-2-9-4-5-14-13(9)10/h1-5,11,14-15H,6-8H2,(H,16,17). The minimum atomic E-state index is 0.139. The van der Waals surface area contributed by atoms with E-state index in [1.807, 2.05) is 6.20 Å². The molecule has 2 heterocycles. The SMILES string of the molecule is O=C1CC(NCc2cccc3cc[nH]c23)CN1. The Balaban J connectivity index is 1.72. The predicted octanol–water partition coefficient (Wildman–Crippen LogP) is 1.15. The van der Waals surface area contributed by atoms with Crippen molar-refractivity contribution < 1.29 is 4.79 Å². The van der Waals surface area contributed by atoms with Crippen LogP contribution in [0.3, 0.4) is 0 Å². The molecule has 0 aliphatic carbocycles. The van der Waals surface area contributed by atoms with Gasteiger partial charge in [-0.1, -0.05) is 18.2 Å². The molecule has 1 atom stereocenters. The Morgan fingerprint density at radius 3 is 3.12 bits per heavy atom. The summed E-state index contributed by atoms with van der Waals surface area (Å²) in [6.07, 6.45) is 2.54. The van der Waals surface area contributed by atoms with E-state index in [1.54, 1.807) is 0 Å². The van der Waals surface area contributed by atoms with Gasteiger partial charge in [0, 0.05) is 37.3 Å². The fourth-order valence-electron chi connectivity index (χ4n) is 2.30. The van der Waals surface area contributed by atoms with Crippen LogP contribution in [0, 0.1) is 0 Å². The van der Waals surface area contributed by atoms with Gasteiger partial charge >= 0.3 is 0 Å². The maximum atomic E-state index is 11.1. The van der Waals surface area contributed by atoms with Crippen molar-refractivity contribution in [2.24, 2.45) is 0 Å². The second-order valence-electron chi connectivity index (χ2n) is 4.45. The molecule has 1 aromatic carbocycles. The van der Waals surface area contributed by atoms with Crippen LogP contribution in [0.15, 0.2) is 30.5 Å². The van der Waals surface area contributed by atoms with Crippen LogP contribution in [0.1, 0.15) is 12.0 Å². The van der Waals surface area contributed by atoms with Crippen molar-refractivity contribution in [1.82, 2.24) is 15.6 Å². The number of H-pyrrole nitrogens is 1. The van der Waals surface area contributed by atoms with E-state index in [-0.39, 0.29) is 11.9 Å². The maximum absolute atomic E-state index is 11.1. The lowest BCUT2D eigenvalue weighted by Crippen LogP contribution is -2.30. The summed E-state index contributed by atoms with van der Waals surface area (Å²) in [6.45, 7) is 1.52. The van der Waals surface area contributed by atoms with E-state index in [0.717, 1.165) is 13.1 Å². The Morgan fingerprint density at radius 2 is 2.29 bits per heavy atom. The molecular weight excluding hydrogens is 214 g/mol. The molecule has 88 valence electrons. The molecule has 0 spiro atoms. The number of benzene rings is 1. The number of hydrogen-bond donors (Lipinski definition) is 3. The van der Waals surface area contributed by atoms with Gasteiger partial charge in [0.15, 0.2) is 0 Å². The molecule has 4 nitrogen and oxygen atoms in total. The van der Waals surface area contributed by atoms with Crippen molar-refractivity contribution in [1.29, 1.82) is 0 Å². The number of fused-ring (bicyclic) bond motifs is 1. The van der Waals surface area contributed by atoms with Gasteiger partial charge in [0.25, 0.3) is 0 Å². The third kappa shape index (κ3) is 2.03. The number of carbonyl (C=O) groups is 1. The monoisotopic (exact) mass is 229 g/mol. The number of amides is 1. The van der Waals surface area contributed by atoms with Crippen molar-refractivity contribution >= 4 is 16.8 Å². The summed E-state index contributed by atoms with van der Waals surface area (Å²) < 4.78 is 0. The zero-order chi connectivity index (χ0) is 11.7. The van der Waals surface area contributed by atoms with E-state index < -0.39 is 0 Å². The lowest BCUT2D eigenvalue weighted by molar-refractivity contribution is -0.119. The quantitative estimate of drug-likeness (QED) is 0.739. The molecular formula is C13H15N3O. The molecule has 1 aliphatic rings. The summed E-state index contributed by atoms with van der Waals surface area (Å²) in [5.41, 5.74) is 2.42. The van der Waals surface area contributed by atoms with Crippen LogP contribution >= 0.6 is 0 Å². The van der Waals surface area contributed by atoms with Gasteiger partial charge in [-0.3, -0.25) is 4.79 Å². The van der Waals surface area contributed by atoms with Crippen molar-refractivity contribution in [3.8, 4) is 0 Å². The number of hydrogen-bond acceptors (Lipinski definition) is 2. The first-order chi connectivity index (χ1) is 8.33. The number of nitrogens with one attached hydrogen (secondary N) is 3. The molecule has 1 unspecified atom stereocenters. The molecule has 0 bridgehead atoms. The highest BCUT2D eigenvalue weighted by Gasteiger charge is 2.20. The zero-order valence-electron chi connectivity index (χ0n) is 9.49. The van der Waals surface area contributed by atoms with Crippen molar-refractivity contribution in [3.63, 3.8) is 0 Å². The normalized spacial score (nSPS) is 19.8. The summed E-state index contributed by atoms with van der Waals surface area (Å²) in [4.78, 5) is 14.3. The number of aromatic amines is 1. The Morgan fingerprint density at radius 1 is 1.35 bits per heavy atom. The van der Waals surface area contributed by atoms with E-state index in [2.05, 4.69) is 39.9 Å². The minimum Gasteiger partial charge on any atom is -0.361 e. The highest BCUT2D eigenvalue weighted by molar-refractivity contribution is 5.82. The fourth-order valence-corrected chi connectivity index (χ4v) is 2.30. The number of carbonyl (C=O) groups excluding carboxylic acids is 1. The average molecular weight is 229 g/mol. The molecule has 0 radical (unpaired) electrons. The smallest absolute Gasteiger partial charge is 0.221 e. The molecule has 17 heavy (non-hydrogen) atoms. The largest absolute Gasteiger partial charge is 0.361 e. The average Bonchev–Trinajstić information content (AvgIpc) is 2.94. The molecule has 4 heteroatoms. The first kappa shape index (κ1) is 10.4. The Kier molecular flexibility index (Phi) is 2.57. The third-order valence-corrected chi connectivity index (χ3v) is 3.23. The summed E-state index contributed by atoms with van der Waals surface area (Å²) in [6, 6.07) is 8.59. The van der Waals surface area contributed by atoms with Crippen LogP contribution in [0.25, 0.3) is 10.9 Å². The van der Waals surface area contributed by atoms with Crippen LogP contribution in [-0.4, -0.2) is 23.5 Å². The zero-order valence-corrected chi connectivity index (χ0v) is 9.49. The second-order valence-corrected chi connectivity index (χ2v) is 4.45. The number of para-hydroxylation sites is 1. The highest BCUT2D eigenvalue weighted by atomic mass is 16.1. The minimum absolute atomic E-state index is 0.139. The molecule has 0 saturated carbocycles. The second kappa shape index (κ2) is 4.22. The first-order valence-corrected chi connectivity index (χ1v) is 5.88. The van der Waals surface area contributed by atoms with Crippen LogP contribution < -0.4 is 10.6 Å². The van der Waals surface area contributed by atoms with Gasteiger partial charge in [0.05, 0.1) is 0 Å². The predicted molar refractivity (Wildman–Crippen MR) is 66.6 cm³/mol. The molecule has 1 aromatic heterocycles. The molecule has 3 N–H and O–H groups in total. The van der Waals surface area contributed by atoms with E-state index >= 15 is 0 Å². The van der Waals surface area contributed by atoms with Crippen molar-refractivity contribution in [2.75, 3.05) is 6.54 Å². The van der Waals surface area contributed by atoms with Crippen molar-refractivity contribution in [3.05, 3.63) is 36.0 Å². The van der Waals surface area contributed by atoms with Gasteiger partial charge in [-0.05, 0) is 17.0 Å². The molecule has 1 fully saturated rings. The molecule has 1 aliphatic heterocycles. The van der Waals surface area contributed by atoms with Crippen LogP contribution in [0.4, 0.5) is 0 Å². The van der Waals surface area contributed by atoms with Crippen LogP contribution in [0.2, 0.25) is 0 Å². The van der Waals surface area contributed by atoms with Gasteiger partial charge < -0.3 is 15.6 Å². The summed E-state index contributed by atoms with van der Waals surface area (Å²) in [5.74, 6) is 0.139. The lowest BCUT2D eigenvalue weighted by Gasteiger charge is -2.10.